The Labute approximate surface area is 189 Å². The quantitative estimate of drug-likeness (QED) is 0.411. The van der Waals surface area contributed by atoms with Crippen molar-refractivity contribution in [3.05, 3.63) is 62.6 Å². The van der Waals surface area contributed by atoms with Crippen LogP contribution < -0.4 is 5.43 Å². The zero-order chi connectivity index (χ0) is 22.7. The topological polar surface area (TPSA) is 61.7 Å². The summed E-state index contributed by atoms with van der Waals surface area (Å²) in [5.74, 6) is 0.145. The molecule has 0 aliphatic carbocycles. The van der Waals surface area contributed by atoms with Gasteiger partial charge < -0.3 is 5.11 Å². The van der Waals surface area contributed by atoms with E-state index in [2.05, 4.69) is 52.1 Å². The van der Waals surface area contributed by atoms with Gasteiger partial charge in [0.25, 0.3) is 0 Å². The molecule has 0 heterocycles. The highest BCUT2D eigenvalue weighted by Gasteiger charge is 2.26. The number of carbonyl (C=O) groups excluding carboxylic acids is 1. The van der Waals surface area contributed by atoms with Crippen molar-refractivity contribution >= 4 is 35.3 Å². The summed E-state index contributed by atoms with van der Waals surface area (Å²) in [5, 5.41) is 15.8. The molecule has 30 heavy (non-hydrogen) atoms. The van der Waals surface area contributed by atoms with Crippen LogP contribution in [0.2, 0.25) is 10.0 Å². The second kappa shape index (κ2) is 9.40. The number of nitrogens with one attached hydrogen (secondary N) is 1. The molecular formula is C24H30Cl2N2O2. The normalized spacial score (nSPS) is 12.4. The maximum atomic E-state index is 12.2. The molecule has 0 spiro atoms. The van der Waals surface area contributed by atoms with Crippen LogP contribution in [0.15, 0.2) is 35.4 Å². The molecule has 2 rings (SSSR count). The number of hydrogen-bond donors (Lipinski definition) is 2. The number of aromatic hydroxyl groups is 1. The van der Waals surface area contributed by atoms with Crippen molar-refractivity contribution in [1.29, 1.82) is 0 Å². The van der Waals surface area contributed by atoms with Crippen molar-refractivity contribution in [3.8, 4) is 5.75 Å². The average Bonchev–Trinajstić information content (AvgIpc) is 2.60. The first-order valence-electron chi connectivity index (χ1n) is 9.93. The van der Waals surface area contributed by atoms with E-state index in [9.17, 15) is 9.90 Å². The van der Waals surface area contributed by atoms with Crippen LogP contribution in [0, 0.1) is 0 Å². The monoisotopic (exact) mass is 448 g/mol. The molecule has 0 aromatic heterocycles. The van der Waals surface area contributed by atoms with Crippen LogP contribution in [-0.2, 0) is 22.0 Å². The van der Waals surface area contributed by atoms with Gasteiger partial charge in [0, 0.05) is 17.0 Å². The molecule has 162 valence electrons. The summed E-state index contributed by atoms with van der Waals surface area (Å²) < 4.78 is 0. The lowest BCUT2D eigenvalue weighted by Gasteiger charge is -2.28. The molecule has 0 unspecified atom stereocenters. The van der Waals surface area contributed by atoms with Crippen LogP contribution in [0.4, 0.5) is 0 Å². The van der Waals surface area contributed by atoms with Crippen LogP contribution >= 0.6 is 23.2 Å². The summed E-state index contributed by atoms with van der Waals surface area (Å²) in [7, 11) is 0. The minimum atomic E-state index is -0.204. The number of phenols is 1. The van der Waals surface area contributed by atoms with Gasteiger partial charge in [-0.1, -0.05) is 82.9 Å². The first-order valence-corrected chi connectivity index (χ1v) is 10.7. The number of carbonyl (C=O) groups is 1. The van der Waals surface area contributed by atoms with E-state index < -0.39 is 0 Å². The summed E-state index contributed by atoms with van der Waals surface area (Å²) in [6, 6.07) is 9.06. The molecule has 0 fully saturated rings. The Morgan fingerprint density at radius 2 is 1.60 bits per heavy atom. The number of phenolic OH excluding ortho intramolecular Hbond substituents is 1. The lowest BCUT2D eigenvalue weighted by atomic mass is 9.78. The van der Waals surface area contributed by atoms with Crippen LogP contribution in [0.5, 0.6) is 5.75 Å². The van der Waals surface area contributed by atoms with E-state index in [0.717, 1.165) is 16.7 Å². The van der Waals surface area contributed by atoms with Crippen molar-refractivity contribution in [2.75, 3.05) is 0 Å². The fourth-order valence-corrected chi connectivity index (χ4v) is 3.53. The molecule has 2 aromatic rings. The largest absolute Gasteiger partial charge is 0.507 e. The molecule has 4 nitrogen and oxygen atoms in total. The lowest BCUT2D eigenvalue weighted by molar-refractivity contribution is -0.121. The molecule has 0 atom stereocenters. The average molecular weight is 449 g/mol. The van der Waals surface area contributed by atoms with Crippen LogP contribution in [0.1, 0.15) is 70.2 Å². The van der Waals surface area contributed by atoms with Crippen LogP contribution in [-0.4, -0.2) is 17.2 Å². The summed E-state index contributed by atoms with van der Waals surface area (Å²) in [6.45, 7) is 12.4. The molecule has 0 bridgehead atoms. The highest BCUT2D eigenvalue weighted by atomic mass is 35.5. The van der Waals surface area contributed by atoms with Crippen LogP contribution in [0.3, 0.4) is 0 Å². The van der Waals surface area contributed by atoms with E-state index in [-0.39, 0.29) is 23.2 Å². The number of halogens is 2. The summed E-state index contributed by atoms with van der Waals surface area (Å²) in [5.41, 5.74) is 5.59. The third-order valence-corrected chi connectivity index (χ3v) is 5.34. The molecule has 0 saturated carbocycles. The molecule has 0 aliphatic rings. The molecule has 2 aromatic carbocycles. The number of benzene rings is 2. The van der Waals surface area contributed by atoms with Gasteiger partial charge in [-0.05, 0) is 46.1 Å². The third kappa shape index (κ3) is 6.48. The summed E-state index contributed by atoms with van der Waals surface area (Å²) in [4.78, 5) is 12.2. The first kappa shape index (κ1) is 24.2. The molecule has 2 N–H and O–H groups in total. The molecule has 1 amide bonds. The SMILES string of the molecule is CC(C)(C)c1cc(CCC(=O)N/N=C\c2ccc(Cl)cc2Cl)cc(C(C)(C)C)c1O. The maximum absolute atomic E-state index is 12.2. The number of hydrogen-bond acceptors (Lipinski definition) is 3. The summed E-state index contributed by atoms with van der Waals surface area (Å²) in [6.07, 6.45) is 2.33. The van der Waals surface area contributed by atoms with Gasteiger partial charge in [-0.15, -0.1) is 0 Å². The van der Waals surface area contributed by atoms with Crippen LogP contribution in [0.25, 0.3) is 0 Å². The Morgan fingerprint density at radius 1 is 1.03 bits per heavy atom. The molecule has 0 saturated heterocycles. The predicted octanol–water partition coefficient (Wildman–Crippen LogP) is 6.38. The van der Waals surface area contributed by atoms with Gasteiger partial charge in [-0.3, -0.25) is 4.79 Å². The Balaban J connectivity index is 2.11. The third-order valence-electron chi connectivity index (χ3n) is 4.78. The minimum Gasteiger partial charge on any atom is -0.507 e. The fraction of sp³-hybridized carbons (Fsp3) is 0.417. The van der Waals surface area contributed by atoms with E-state index >= 15 is 0 Å². The van der Waals surface area contributed by atoms with Gasteiger partial charge in [0.15, 0.2) is 0 Å². The molecule has 6 heteroatoms. The molecule has 0 aliphatic heterocycles. The van der Waals surface area contributed by atoms with Crippen molar-refractivity contribution < 1.29 is 9.90 Å². The number of rotatable bonds is 5. The van der Waals surface area contributed by atoms with E-state index in [4.69, 9.17) is 23.2 Å². The Bertz CT molecular complexity index is 920. The summed E-state index contributed by atoms with van der Waals surface area (Å²) >= 11 is 12.0. The maximum Gasteiger partial charge on any atom is 0.240 e. The van der Waals surface area contributed by atoms with Gasteiger partial charge in [-0.25, -0.2) is 5.43 Å². The smallest absolute Gasteiger partial charge is 0.240 e. The van der Waals surface area contributed by atoms with E-state index in [1.165, 1.54) is 6.21 Å². The second-order valence-electron chi connectivity index (χ2n) is 9.50. The standard InChI is InChI=1S/C24H30Cl2N2O2/c1-23(2,3)18-11-15(12-19(22(18)30)24(4,5)6)7-10-21(29)28-27-14-16-8-9-17(25)13-20(16)26/h8-9,11-14,30H,7,10H2,1-6H3,(H,28,29)/b27-14-. The number of amides is 1. The van der Waals surface area contributed by atoms with Gasteiger partial charge in [0.1, 0.15) is 5.75 Å². The van der Waals surface area contributed by atoms with E-state index in [1.807, 2.05) is 12.1 Å². The van der Waals surface area contributed by atoms with Crippen molar-refractivity contribution in [1.82, 2.24) is 5.43 Å². The zero-order valence-corrected chi connectivity index (χ0v) is 19.9. The van der Waals surface area contributed by atoms with Gasteiger partial charge >= 0.3 is 0 Å². The zero-order valence-electron chi connectivity index (χ0n) is 18.4. The Hall–Kier alpha value is -2.04. The predicted molar refractivity (Wildman–Crippen MR) is 126 cm³/mol. The highest BCUT2D eigenvalue weighted by molar-refractivity contribution is 6.36. The fourth-order valence-electron chi connectivity index (χ4n) is 3.08. The second-order valence-corrected chi connectivity index (χ2v) is 10.3. The first-order chi connectivity index (χ1) is 13.8. The number of hydrazone groups is 1. The van der Waals surface area contributed by atoms with E-state index in [0.29, 0.717) is 27.8 Å². The lowest BCUT2D eigenvalue weighted by Crippen LogP contribution is -2.20. The molecular weight excluding hydrogens is 419 g/mol. The van der Waals surface area contributed by atoms with Crippen molar-refractivity contribution in [2.24, 2.45) is 5.10 Å². The molecule has 0 radical (unpaired) electrons. The Kier molecular flexibility index (Phi) is 7.59. The van der Waals surface area contributed by atoms with Gasteiger partial charge in [0.05, 0.1) is 11.2 Å². The minimum absolute atomic E-state index is 0.195. The van der Waals surface area contributed by atoms with Crippen molar-refractivity contribution in [3.63, 3.8) is 0 Å². The number of aryl methyl sites for hydroxylation is 1. The number of nitrogens with zero attached hydrogens (tertiary/aromatic N) is 1. The van der Waals surface area contributed by atoms with Gasteiger partial charge in [0.2, 0.25) is 5.91 Å². The highest BCUT2D eigenvalue weighted by Crippen LogP contribution is 2.40. The van der Waals surface area contributed by atoms with Crippen molar-refractivity contribution in [2.45, 2.75) is 65.2 Å². The Morgan fingerprint density at radius 3 is 2.10 bits per heavy atom. The van der Waals surface area contributed by atoms with Gasteiger partial charge in [-0.2, -0.15) is 5.10 Å². The van der Waals surface area contributed by atoms with E-state index in [1.54, 1.807) is 18.2 Å².